The number of benzene rings is 1. The van der Waals surface area contributed by atoms with Crippen molar-refractivity contribution in [1.29, 1.82) is 0 Å². The molecule has 0 spiro atoms. The van der Waals surface area contributed by atoms with E-state index in [2.05, 4.69) is 24.1 Å². The molecule has 0 saturated carbocycles. The minimum Gasteiger partial charge on any atom is -0.388 e. The molecule has 1 atom stereocenters. The van der Waals surface area contributed by atoms with Gasteiger partial charge in [0.1, 0.15) is 0 Å². The van der Waals surface area contributed by atoms with Crippen LogP contribution in [0.3, 0.4) is 0 Å². The standard InChI is InChI=1S/C12H17NO/c1-13-8-7-12(14,10-13)9-11-5-3-2-4-6-11/h2-6,14H,7-10H2,1H3. The summed E-state index contributed by atoms with van der Waals surface area (Å²) >= 11 is 0. The van der Waals surface area contributed by atoms with E-state index in [1.807, 2.05) is 18.2 Å². The van der Waals surface area contributed by atoms with E-state index in [-0.39, 0.29) is 0 Å². The van der Waals surface area contributed by atoms with Gasteiger partial charge in [-0.05, 0) is 19.0 Å². The van der Waals surface area contributed by atoms with Gasteiger partial charge in [-0.15, -0.1) is 0 Å². The molecule has 1 aromatic carbocycles. The first-order valence-electron chi connectivity index (χ1n) is 5.13. The van der Waals surface area contributed by atoms with E-state index in [1.54, 1.807) is 0 Å². The molecule has 1 unspecified atom stereocenters. The third-order valence-electron chi connectivity index (χ3n) is 2.90. The molecule has 2 rings (SSSR count). The lowest BCUT2D eigenvalue weighted by Gasteiger charge is -2.22. The van der Waals surface area contributed by atoms with Crippen LogP contribution in [0.5, 0.6) is 0 Å². The van der Waals surface area contributed by atoms with Crippen molar-refractivity contribution in [2.45, 2.75) is 18.4 Å². The molecule has 0 amide bonds. The maximum atomic E-state index is 10.3. The van der Waals surface area contributed by atoms with Crippen LogP contribution in [-0.2, 0) is 6.42 Å². The molecule has 14 heavy (non-hydrogen) atoms. The van der Waals surface area contributed by atoms with E-state index >= 15 is 0 Å². The highest BCUT2D eigenvalue weighted by molar-refractivity contribution is 5.17. The quantitative estimate of drug-likeness (QED) is 0.761. The van der Waals surface area contributed by atoms with Crippen LogP contribution in [0.2, 0.25) is 0 Å². The maximum absolute atomic E-state index is 10.3. The average Bonchev–Trinajstić information content (AvgIpc) is 2.47. The maximum Gasteiger partial charge on any atom is 0.0826 e. The normalized spacial score (nSPS) is 28.1. The zero-order valence-electron chi connectivity index (χ0n) is 8.61. The van der Waals surface area contributed by atoms with Gasteiger partial charge in [-0.25, -0.2) is 0 Å². The van der Waals surface area contributed by atoms with Gasteiger partial charge in [0.15, 0.2) is 0 Å². The van der Waals surface area contributed by atoms with Crippen molar-refractivity contribution in [3.63, 3.8) is 0 Å². The van der Waals surface area contributed by atoms with Crippen molar-refractivity contribution in [3.8, 4) is 0 Å². The lowest BCUT2D eigenvalue weighted by molar-refractivity contribution is 0.0523. The monoisotopic (exact) mass is 191 g/mol. The summed E-state index contributed by atoms with van der Waals surface area (Å²) in [6.07, 6.45) is 1.66. The van der Waals surface area contributed by atoms with Gasteiger partial charge in [0.25, 0.3) is 0 Å². The molecule has 1 N–H and O–H groups in total. The van der Waals surface area contributed by atoms with Crippen molar-refractivity contribution in [2.75, 3.05) is 20.1 Å². The summed E-state index contributed by atoms with van der Waals surface area (Å²) in [5.41, 5.74) is 0.723. The molecule has 0 bridgehead atoms. The van der Waals surface area contributed by atoms with Crippen LogP contribution >= 0.6 is 0 Å². The van der Waals surface area contributed by atoms with Gasteiger partial charge in [0.2, 0.25) is 0 Å². The molecule has 0 aliphatic carbocycles. The fourth-order valence-electron chi connectivity index (χ4n) is 2.18. The first-order chi connectivity index (χ1) is 6.68. The van der Waals surface area contributed by atoms with Crippen molar-refractivity contribution < 1.29 is 5.11 Å². The molecule has 1 heterocycles. The van der Waals surface area contributed by atoms with Crippen molar-refractivity contribution in [2.24, 2.45) is 0 Å². The van der Waals surface area contributed by atoms with Crippen LogP contribution in [0.25, 0.3) is 0 Å². The average molecular weight is 191 g/mol. The molecule has 2 heteroatoms. The van der Waals surface area contributed by atoms with Gasteiger partial charge in [0.05, 0.1) is 5.60 Å². The number of rotatable bonds is 2. The van der Waals surface area contributed by atoms with Gasteiger partial charge in [0, 0.05) is 19.5 Å². The van der Waals surface area contributed by atoms with Gasteiger partial charge in [-0.1, -0.05) is 30.3 Å². The van der Waals surface area contributed by atoms with Crippen LogP contribution in [0.4, 0.5) is 0 Å². The van der Waals surface area contributed by atoms with E-state index in [0.717, 1.165) is 25.9 Å². The highest BCUT2D eigenvalue weighted by atomic mass is 16.3. The number of β-amino-alcohol motifs (C(OH)–C–C–N with tert-alkyl or cyclic N) is 1. The molecule has 0 aromatic heterocycles. The Labute approximate surface area is 85.2 Å². The topological polar surface area (TPSA) is 23.5 Å². The van der Waals surface area contributed by atoms with E-state index in [0.29, 0.717) is 0 Å². The Kier molecular flexibility index (Phi) is 2.57. The molecule has 2 nitrogen and oxygen atoms in total. The zero-order chi connectivity index (χ0) is 10.0. The number of likely N-dealkylation sites (N-methyl/N-ethyl adjacent to an activating group) is 1. The Morgan fingerprint density at radius 2 is 2.07 bits per heavy atom. The van der Waals surface area contributed by atoms with Gasteiger partial charge < -0.3 is 10.0 Å². The Morgan fingerprint density at radius 1 is 1.36 bits per heavy atom. The smallest absolute Gasteiger partial charge is 0.0826 e. The largest absolute Gasteiger partial charge is 0.388 e. The van der Waals surface area contributed by atoms with E-state index in [9.17, 15) is 5.11 Å². The summed E-state index contributed by atoms with van der Waals surface area (Å²) in [6, 6.07) is 10.2. The Balaban J connectivity index is 2.04. The first kappa shape index (κ1) is 9.69. The second kappa shape index (κ2) is 3.71. The second-order valence-electron chi connectivity index (χ2n) is 4.37. The number of hydrogen-bond acceptors (Lipinski definition) is 2. The second-order valence-corrected chi connectivity index (χ2v) is 4.37. The van der Waals surface area contributed by atoms with E-state index < -0.39 is 5.60 Å². The fourth-order valence-corrected chi connectivity index (χ4v) is 2.18. The third-order valence-corrected chi connectivity index (χ3v) is 2.90. The third kappa shape index (κ3) is 2.14. The molecule has 1 aromatic rings. The summed E-state index contributed by atoms with van der Waals surface area (Å²) in [7, 11) is 2.06. The fraction of sp³-hybridized carbons (Fsp3) is 0.500. The summed E-state index contributed by atoms with van der Waals surface area (Å²) in [6.45, 7) is 1.80. The van der Waals surface area contributed by atoms with Crippen LogP contribution in [0.1, 0.15) is 12.0 Å². The SMILES string of the molecule is CN1CCC(O)(Cc2ccccc2)C1. The van der Waals surface area contributed by atoms with Crippen LogP contribution < -0.4 is 0 Å². The lowest BCUT2D eigenvalue weighted by Crippen LogP contribution is -2.34. The highest BCUT2D eigenvalue weighted by Crippen LogP contribution is 2.24. The molecule has 1 fully saturated rings. The summed E-state index contributed by atoms with van der Waals surface area (Å²) in [5, 5.41) is 10.3. The molecule has 1 aliphatic rings. The highest BCUT2D eigenvalue weighted by Gasteiger charge is 2.34. The van der Waals surface area contributed by atoms with Crippen molar-refractivity contribution in [1.82, 2.24) is 4.90 Å². The Hall–Kier alpha value is -0.860. The molecular formula is C12H17NO. The number of nitrogens with zero attached hydrogens (tertiary/aromatic N) is 1. The van der Waals surface area contributed by atoms with Gasteiger partial charge in [-0.3, -0.25) is 0 Å². The summed E-state index contributed by atoms with van der Waals surface area (Å²) in [4.78, 5) is 2.18. The predicted octanol–water partition coefficient (Wildman–Crippen LogP) is 1.30. The predicted molar refractivity (Wildman–Crippen MR) is 57.2 cm³/mol. The number of aliphatic hydroxyl groups is 1. The van der Waals surface area contributed by atoms with Crippen molar-refractivity contribution in [3.05, 3.63) is 35.9 Å². The molecule has 1 aliphatic heterocycles. The molecule has 0 radical (unpaired) electrons. The zero-order valence-corrected chi connectivity index (χ0v) is 8.61. The Bertz CT molecular complexity index is 298. The van der Waals surface area contributed by atoms with Crippen LogP contribution in [0, 0.1) is 0 Å². The van der Waals surface area contributed by atoms with Crippen LogP contribution in [-0.4, -0.2) is 35.7 Å². The minimum absolute atomic E-state index is 0.504. The van der Waals surface area contributed by atoms with Crippen molar-refractivity contribution >= 4 is 0 Å². The Morgan fingerprint density at radius 3 is 2.64 bits per heavy atom. The summed E-state index contributed by atoms with van der Waals surface area (Å²) in [5.74, 6) is 0. The molecule has 76 valence electrons. The molecule has 1 saturated heterocycles. The number of hydrogen-bond donors (Lipinski definition) is 1. The number of likely N-dealkylation sites (tertiary alicyclic amines) is 1. The van der Waals surface area contributed by atoms with E-state index in [4.69, 9.17) is 0 Å². The van der Waals surface area contributed by atoms with Gasteiger partial charge >= 0.3 is 0 Å². The lowest BCUT2D eigenvalue weighted by atomic mass is 9.94. The molecular weight excluding hydrogens is 174 g/mol. The summed E-state index contributed by atoms with van der Waals surface area (Å²) < 4.78 is 0. The van der Waals surface area contributed by atoms with E-state index in [1.165, 1.54) is 5.56 Å². The van der Waals surface area contributed by atoms with Crippen LogP contribution in [0.15, 0.2) is 30.3 Å². The minimum atomic E-state index is -0.504. The first-order valence-corrected chi connectivity index (χ1v) is 5.13. The van der Waals surface area contributed by atoms with Gasteiger partial charge in [-0.2, -0.15) is 0 Å².